The fourth-order valence-corrected chi connectivity index (χ4v) is 4.10. The summed E-state index contributed by atoms with van der Waals surface area (Å²) in [7, 11) is 1.63. The fourth-order valence-electron chi connectivity index (χ4n) is 3.22. The number of hydrogen-bond acceptors (Lipinski definition) is 6. The number of hydrogen-bond donors (Lipinski definition) is 0. The summed E-state index contributed by atoms with van der Waals surface area (Å²) in [4.78, 5) is 20.1. The van der Waals surface area contributed by atoms with Crippen LogP contribution in [0.1, 0.15) is 40.0 Å². The first-order chi connectivity index (χ1) is 12.7. The predicted molar refractivity (Wildman–Crippen MR) is 98.4 cm³/mol. The number of ether oxygens (including phenoxy) is 1. The van der Waals surface area contributed by atoms with Crippen molar-refractivity contribution >= 4 is 17.2 Å². The molecule has 1 aromatic carbocycles. The first-order valence-corrected chi connectivity index (χ1v) is 9.38. The molecular formula is C19H19N3O3S. The lowest BCUT2D eigenvalue weighted by Gasteiger charge is -2.21. The molecule has 1 saturated heterocycles. The van der Waals surface area contributed by atoms with E-state index in [4.69, 9.17) is 9.26 Å². The Morgan fingerprint density at radius 2 is 2.12 bits per heavy atom. The summed E-state index contributed by atoms with van der Waals surface area (Å²) in [5, 5.41) is 6.04. The van der Waals surface area contributed by atoms with Crippen LogP contribution in [-0.4, -0.2) is 34.6 Å². The zero-order chi connectivity index (χ0) is 18.1. The molecule has 2 aromatic heterocycles. The molecule has 0 unspecified atom stereocenters. The SMILES string of the molecule is COc1ccc(-c2noc([C@@H]3CCCN3C(=O)c3sccc3C)n2)cc1. The average Bonchev–Trinajstić information content (AvgIpc) is 3.41. The van der Waals surface area contributed by atoms with Crippen molar-refractivity contribution in [3.8, 4) is 17.1 Å². The molecule has 0 aliphatic carbocycles. The van der Waals surface area contributed by atoms with Crippen LogP contribution in [-0.2, 0) is 0 Å². The van der Waals surface area contributed by atoms with Crippen molar-refractivity contribution in [3.63, 3.8) is 0 Å². The number of likely N-dealkylation sites (tertiary alicyclic amines) is 1. The zero-order valence-electron chi connectivity index (χ0n) is 14.6. The lowest BCUT2D eigenvalue weighted by molar-refractivity contribution is 0.0714. The summed E-state index contributed by atoms with van der Waals surface area (Å²) in [6.07, 6.45) is 1.77. The van der Waals surface area contributed by atoms with Gasteiger partial charge in [-0.2, -0.15) is 4.98 Å². The van der Waals surface area contributed by atoms with Crippen molar-refractivity contribution in [2.24, 2.45) is 0 Å². The van der Waals surface area contributed by atoms with Gasteiger partial charge in [0.1, 0.15) is 11.8 Å². The number of methoxy groups -OCH3 is 1. The van der Waals surface area contributed by atoms with Gasteiger partial charge in [0.2, 0.25) is 11.7 Å². The van der Waals surface area contributed by atoms with E-state index < -0.39 is 0 Å². The van der Waals surface area contributed by atoms with E-state index >= 15 is 0 Å². The summed E-state index contributed by atoms with van der Waals surface area (Å²) >= 11 is 1.48. The van der Waals surface area contributed by atoms with Crippen LogP contribution in [0.5, 0.6) is 5.75 Å². The van der Waals surface area contributed by atoms with E-state index in [1.165, 1.54) is 11.3 Å². The van der Waals surface area contributed by atoms with Gasteiger partial charge in [-0.05, 0) is 61.0 Å². The second-order valence-electron chi connectivity index (χ2n) is 6.27. The molecule has 1 fully saturated rings. The number of nitrogens with zero attached hydrogens (tertiary/aromatic N) is 3. The highest BCUT2D eigenvalue weighted by Gasteiger charge is 2.35. The maximum Gasteiger partial charge on any atom is 0.264 e. The smallest absolute Gasteiger partial charge is 0.264 e. The molecule has 134 valence electrons. The number of thiophene rings is 1. The quantitative estimate of drug-likeness (QED) is 0.693. The normalized spacial score (nSPS) is 16.8. The Morgan fingerprint density at radius 1 is 1.31 bits per heavy atom. The Balaban J connectivity index is 1.58. The summed E-state index contributed by atoms with van der Waals surface area (Å²) in [5.41, 5.74) is 1.86. The topological polar surface area (TPSA) is 68.5 Å². The van der Waals surface area contributed by atoms with Gasteiger partial charge >= 0.3 is 0 Å². The molecule has 1 amide bonds. The Hall–Kier alpha value is -2.67. The molecule has 1 atom stereocenters. The van der Waals surface area contributed by atoms with E-state index in [1.807, 2.05) is 47.5 Å². The van der Waals surface area contributed by atoms with Crippen LogP contribution in [0.25, 0.3) is 11.4 Å². The lowest BCUT2D eigenvalue weighted by atomic mass is 10.2. The number of benzene rings is 1. The van der Waals surface area contributed by atoms with Crippen molar-refractivity contribution in [2.75, 3.05) is 13.7 Å². The van der Waals surface area contributed by atoms with Gasteiger partial charge in [0.05, 0.1) is 12.0 Å². The number of aryl methyl sites for hydroxylation is 1. The van der Waals surface area contributed by atoms with Crippen molar-refractivity contribution in [3.05, 3.63) is 52.0 Å². The monoisotopic (exact) mass is 369 g/mol. The maximum atomic E-state index is 12.9. The Labute approximate surface area is 155 Å². The molecule has 0 N–H and O–H groups in total. The summed E-state index contributed by atoms with van der Waals surface area (Å²) in [6, 6.07) is 9.30. The molecule has 26 heavy (non-hydrogen) atoms. The number of rotatable bonds is 4. The molecule has 4 rings (SSSR count). The van der Waals surface area contributed by atoms with Crippen molar-refractivity contribution < 1.29 is 14.1 Å². The number of amides is 1. The van der Waals surface area contributed by atoms with Crippen molar-refractivity contribution in [1.29, 1.82) is 0 Å². The van der Waals surface area contributed by atoms with E-state index in [2.05, 4.69) is 10.1 Å². The first kappa shape index (κ1) is 16.8. The maximum absolute atomic E-state index is 12.9. The van der Waals surface area contributed by atoms with Crippen LogP contribution in [0.2, 0.25) is 0 Å². The van der Waals surface area contributed by atoms with Crippen LogP contribution < -0.4 is 4.74 Å². The third kappa shape index (κ3) is 2.99. The molecule has 1 aliphatic rings. The third-order valence-electron chi connectivity index (χ3n) is 4.65. The molecule has 0 bridgehead atoms. The summed E-state index contributed by atoms with van der Waals surface area (Å²) < 4.78 is 10.7. The second kappa shape index (κ2) is 6.92. The van der Waals surface area contributed by atoms with E-state index in [0.29, 0.717) is 18.3 Å². The van der Waals surface area contributed by atoms with E-state index in [9.17, 15) is 4.79 Å². The van der Waals surface area contributed by atoms with Gasteiger partial charge in [-0.3, -0.25) is 4.79 Å². The van der Waals surface area contributed by atoms with Gasteiger partial charge in [-0.15, -0.1) is 11.3 Å². The van der Waals surface area contributed by atoms with Gasteiger partial charge in [0.15, 0.2) is 0 Å². The first-order valence-electron chi connectivity index (χ1n) is 8.50. The zero-order valence-corrected chi connectivity index (χ0v) is 15.5. The average molecular weight is 369 g/mol. The molecule has 6 nitrogen and oxygen atoms in total. The standard InChI is InChI=1S/C19H19N3O3S/c1-12-9-11-26-16(12)19(23)22-10-3-4-15(22)18-20-17(21-25-18)13-5-7-14(24-2)8-6-13/h5-9,11,15H,3-4,10H2,1-2H3/t15-/m0/s1. The van der Waals surface area contributed by atoms with Gasteiger partial charge in [-0.1, -0.05) is 5.16 Å². The van der Waals surface area contributed by atoms with Crippen LogP contribution >= 0.6 is 11.3 Å². The third-order valence-corrected chi connectivity index (χ3v) is 5.65. The van der Waals surface area contributed by atoms with Gasteiger partial charge < -0.3 is 14.2 Å². The van der Waals surface area contributed by atoms with E-state index in [1.54, 1.807) is 7.11 Å². The Kier molecular flexibility index (Phi) is 4.46. The molecule has 0 radical (unpaired) electrons. The van der Waals surface area contributed by atoms with Crippen LogP contribution in [0, 0.1) is 6.92 Å². The number of carbonyl (C=O) groups excluding carboxylic acids is 1. The van der Waals surface area contributed by atoms with Crippen molar-refractivity contribution in [1.82, 2.24) is 15.0 Å². The minimum Gasteiger partial charge on any atom is -0.497 e. The highest BCUT2D eigenvalue weighted by Crippen LogP contribution is 2.34. The predicted octanol–water partition coefficient (Wildman–Crippen LogP) is 4.09. The molecule has 0 saturated carbocycles. The minimum atomic E-state index is -0.163. The number of carbonyl (C=O) groups is 1. The minimum absolute atomic E-state index is 0.0456. The molecule has 0 spiro atoms. The molecule has 3 heterocycles. The van der Waals surface area contributed by atoms with Gasteiger partial charge in [-0.25, -0.2) is 0 Å². The summed E-state index contributed by atoms with van der Waals surface area (Å²) in [6.45, 7) is 2.67. The van der Waals surface area contributed by atoms with Gasteiger partial charge in [0.25, 0.3) is 5.91 Å². The lowest BCUT2D eigenvalue weighted by Crippen LogP contribution is -2.30. The van der Waals surface area contributed by atoms with Gasteiger partial charge in [0, 0.05) is 12.1 Å². The second-order valence-corrected chi connectivity index (χ2v) is 7.19. The highest BCUT2D eigenvalue weighted by atomic mass is 32.1. The van der Waals surface area contributed by atoms with Crippen LogP contribution in [0.4, 0.5) is 0 Å². The van der Waals surface area contributed by atoms with E-state index in [-0.39, 0.29) is 11.9 Å². The fraction of sp³-hybridized carbons (Fsp3) is 0.316. The Bertz CT molecular complexity index is 916. The number of aromatic nitrogens is 2. The Morgan fingerprint density at radius 3 is 2.81 bits per heavy atom. The highest BCUT2D eigenvalue weighted by molar-refractivity contribution is 7.12. The molecule has 1 aliphatic heterocycles. The van der Waals surface area contributed by atoms with E-state index in [0.717, 1.165) is 34.6 Å². The largest absolute Gasteiger partial charge is 0.497 e. The molecular weight excluding hydrogens is 350 g/mol. The molecule has 3 aromatic rings. The molecule has 7 heteroatoms. The van der Waals surface area contributed by atoms with Crippen LogP contribution in [0.3, 0.4) is 0 Å². The van der Waals surface area contributed by atoms with Crippen molar-refractivity contribution in [2.45, 2.75) is 25.8 Å². The summed E-state index contributed by atoms with van der Waals surface area (Å²) in [5.74, 6) is 1.84. The van der Waals surface area contributed by atoms with Crippen LogP contribution in [0.15, 0.2) is 40.2 Å².